The zero-order valence-electron chi connectivity index (χ0n) is 6.71. The van der Waals surface area contributed by atoms with Gasteiger partial charge in [0, 0.05) is 12.6 Å². The SMILES string of the molecule is CN=C(/C=C(\C)C(=O)O)C(F)F. The molecule has 0 aromatic carbocycles. The molecule has 0 aliphatic heterocycles. The van der Waals surface area contributed by atoms with E-state index in [1.54, 1.807) is 0 Å². The van der Waals surface area contributed by atoms with Crippen molar-refractivity contribution >= 4 is 11.7 Å². The molecule has 0 saturated carbocycles. The second kappa shape index (κ2) is 4.58. The summed E-state index contributed by atoms with van der Waals surface area (Å²) in [5.41, 5.74) is -0.675. The van der Waals surface area contributed by atoms with Crippen LogP contribution < -0.4 is 0 Å². The van der Waals surface area contributed by atoms with Gasteiger partial charge in [0.1, 0.15) is 5.71 Å². The quantitative estimate of drug-likeness (QED) is 0.522. The minimum Gasteiger partial charge on any atom is -0.478 e. The minimum absolute atomic E-state index is 0.157. The minimum atomic E-state index is -2.73. The van der Waals surface area contributed by atoms with E-state index in [4.69, 9.17) is 5.11 Å². The number of hydrogen-bond donors (Lipinski definition) is 1. The number of aliphatic carboxylic acids is 1. The molecule has 3 nitrogen and oxygen atoms in total. The van der Waals surface area contributed by atoms with Gasteiger partial charge in [0.15, 0.2) is 0 Å². The van der Waals surface area contributed by atoms with Crippen LogP contribution in [0.2, 0.25) is 0 Å². The molecule has 0 atom stereocenters. The summed E-state index contributed by atoms with van der Waals surface area (Å²) in [5.74, 6) is -1.23. The number of nitrogens with zero attached hydrogens (tertiary/aromatic N) is 1. The highest BCUT2D eigenvalue weighted by molar-refractivity contribution is 6.03. The maximum absolute atomic E-state index is 12.0. The van der Waals surface area contributed by atoms with Crippen LogP contribution in [0.4, 0.5) is 8.78 Å². The number of halogens is 2. The monoisotopic (exact) mass is 177 g/mol. The molecular formula is C7H9F2NO2. The van der Waals surface area contributed by atoms with Crippen molar-refractivity contribution in [3.8, 4) is 0 Å². The maximum atomic E-state index is 12.0. The molecule has 0 unspecified atom stereocenters. The highest BCUT2D eigenvalue weighted by Gasteiger charge is 2.11. The highest BCUT2D eigenvalue weighted by Crippen LogP contribution is 2.02. The summed E-state index contributed by atoms with van der Waals surface area (Å²) in [4.78, 5) is 13.4. The molecule has 0 aromatic rings. The van der Waals surface area contributed by atoms with Gasteiger partial charge < -0.3 is 5.11 Å². The molecule has 0 aliphatic carbocycles. The largest absolute Gasteiger partial charge is 0.478 e. The highest BCUT2D eigenvalue weighted by atomic mass is 19.3. The first-order valence-corrected chi connectivity index (χ1v) is 3.15. The van der Waals surface area contributed by atoms with E-state index in [0.29, 0.717) is 0 Å². The van der Waals surface area contributed by atoms with E-state index in [2.05, 4.69) is 4.99 Å². The van der Waals surface area contributed by atoms with Gasteiger partial charge in [-0.15, -0.1) is 0 Å². The Hall–Kier alpha value is -1.26. The lowest BCUT2D eigenvalue weighted by Crippen LogP contribution is -2.09. The first-order valence-electron chi connectivity index (χ1n) is 3.15. The summed E-state index contributed by atoms with van der Waals surface area (Å²) < 4.78 is 23.9. The Bertz CT molecular complexity index is 234. The van der Waals surface area contributed by atoms with Gasteiger partial charge in [0.25, 0.3) is 6.43 Å². The van der Waals surface area contributed by atoms with Crippen molar-refractivity contribution in [3.63, 3.8) is 0 Å². The van der Waals surface area contributed by atoms with Crippen molar-refractivity contribution < 1.29 is 18.7 Å². The van der Waals surface area contributed by atoms with Gasteiger partial charge in [-0.2, -0.15) is 0 Å². The molecule has 0 heterocycles. The van der Waals surface area contributed by atoms with Gasteiger partial charge in [-0.25, -0.2) is 13.6 Å². The molecule has 0 fully saturated rings. The Morgan fingerprint density at radius 2 is 2.08 bits per heavy atom. The zero-order chi connectivity index (χ0) is 9.72. The van der Waals surface area contributed by atoms with Crippen molar-refractivity contribution in [1.82, 2.24) is 0 Å². The van der Waals surface area contributed by atoms with Crippen LogP contribution in [0.3, 0.4) is 0 Å². The summed E-state index contributed by atoms with van der Waals surface area (Å²) in [5, 5.41) is 8.34. The number of carboxylic acids is 1. The van der Waals surface area contributed by atoms with E-state index < -0.39 is 18.1 Å². The van der Waals surface area contributed by atoms with Crippen LogP contribution >= 0.6 is 0 Å². The molecular weight excluding hydrogens is 168 g/mol. The van der Waals surface area contributed by atoms with E-state index in [-0.39, 0.29) is 5.57 Å². The number of alkyl halides is 2. The number of carboxylic acid groups (broad SMARTS) is 1. The van der Waals surface area contributed by atoms with E-state index in [1.807, 2.05) is 0 Å². The second-order valence-electron chi connectivity index (χ2n) is 2.08. The summed E-state index contributed by atoms with van der Waals surface area (Å²) >= 11 is 0. The van der Waals surface area contributed by atoms with Crippen LogP contribution in [0.15, 0.2) is 16.6 Å². The summed E-state index contributed by atoms with van der Waals surface area (Å²) in [6.07, 6.45) is -1.88. The lowest BCUT2D eigenvalue weighted by atomic mass is 10.2. The van der Waals surface area contributed by atoms with Gasteiger partial charge in [-0.1, -0.05) is 0 Å². The van der Waals surface area contributed by atoms with Gasteiger partial charge in [0.2, 0.25) is 0 Å². The summed E-state index contributed by atoms with van der Waals surface area (Å²) in [6.45, 7) is 1.23. The van der Waals surface area contributed by atoms with Crippen molar-refractivity contribution in [2.24, 2.45) is 4.99 Å². The first kappa shape index (κ1) is 10.7. The maximum Gasteiger partial charge on any atom is 0.331 e. The average Bonchev–Trinajstić information content (AvgIpc) is 1.98. The lowest BCUT2D eigenvalue weighted by Gasteiger charge is -1.98. The van der Waals surface area contributed by atoms with Crippen molar-refractivity contribution in [1.29, 1.82) is 0 Å². The predicted octanol–water partition coefficient (Wildman–Crippen LogP) is 1.35. The first-order chi connectivity index (χ1) is 5.49. The third-order valence-electron chi connectivity index (χ3n) is 1.18. The van der Waals surface area contributed by atoms with Crippen molar-refractivity contribution in [2.75, 3.05) is 7.05 Å². The molecule has 5 heteroatoms. The van der Waals surface area contributed by atoms with Crippen LogP contribution in [0, 0.1) is 0 Å². The Balaban J connectivity index is 4.60. The Morgan fingerprint density at radius 1 is 1.58 bits per heavy atom. The van der Waals surface area contributed by atoms with Crippen LogP contribution in [0.5, 0.6) is 0 Å². The van der Waals surface area contributed by atoms with E-state index in [0.717, 1.165) is 6.08 Å². The molecule has 0 radical (unpaired) electrons. The van der Waals surface area contributed by atoms with E-state index >= 15 is 0 Å². The Kier molecular flexibility index (Phi) is 4.10. The second-order valence-corrected chi connectivity index (χ2v) is 2.08. The molecule has 0 aliphatic rings. The van der Waals surface area contributed by atoms with Crippen LogP contribution in [0.1, 0.15) is 6.92 Å². The molecule has 1 N–H and O–H groups in total. The fourth-order valence-corrected chi connectivity index (χ4v) is 0.509. The number of hydrogen-bond acceptors (Lipinski definition) is 2. The van der Waals surface area contributed by atoms with E-state index in [9.17, 15) is 13.6 Å². The number of allylic oxidation sites excluding steroid dienone is 1. The normalized spacial score (nSPS) is 13.8. The van der Waals surface area contributed by atoms with Crippen LogP contribution in [-0.2, 0) is 4.79 Å². The molecule has 12 heavy (non-hydrogen) atoms. The van der Waals surface area contributed by atoms with Crippen molar-refractivity contribution in [2.45, 2.75) is 13.3 Å². The van der Waals surface area contributed by atoms with Crippen LogP contribution in [-0.4, -0.2) is 30.3 Å². The number of carbonyl (C=O) groups is 1. The van der Waals surface area contributed by atoms with Gasteiger partial charge in [-0.3, -0.25) is 4.99 Å². The molecule has 0 spiro atoms. The topological polar surface area (TPSA) is 49.7 Å². The number of aliphatic imine (C=N–C) groups is 1. The molecule has 0 saturated heterocycles. The van der Waals surface area contributed by atoms with Gasteiger partial charge >= 0.3 is 5.97 Å². The summed E-state index contributed by atoms with van der Waals surface area (Å²) in [7, 11) is 1.19. The smallest absolute Gasteiger partial charge is 0.331 e. The lowest BCUT2D eigenvalue weighted by molar-refractivity contribution is -0.132. The zero-order valence-corrected chi connectivity index (χ0v) is 6.71. The van der Waals surface area contributed by atoms with Gasteiger partial charge in [-0.05, 0) is 13.0 Å². The van der Waals surface area contributed by atoms with Crippen LogP contribution in [0.25, 0.3) is 0 Å². The van der Waals surface area contributed by atoms with Crippen molar-refractivity contribution in [3.05, 3.63) is 11.6 Å². The fraction of sp³-hybridized carbons (Fsp3) is 0.429. The summed E-state index contributed by atoms with van der Waals surface area (Å²) in [6, 6.07) is 0. The third-order valence-corrected chi connectivity index (χ3v) is 1.18. The predicted molar refractivity (Wildman–Crippen MR) is 40.8 cm³/mol. The fourth-order valence-electron chi connectivity index (χ4n) is 0.509. The number of rotatable bonds is 3. The van der Waals surface area contributed by atoms with E-state index in [1.165, 1.54) is 14.0 Å². The average molecular weight is 177 g/mol. The van der Waals surface area contributed by atoms with Gasteiger partial charge in [0.05, 0.1) is 0 Å². The Morgan fingerprint density at radius 3 is 2.33 bits per heavy atom. The molecule has 0 rings (SSSR count). The molecule has 68 valence electrons. The third kappa shape index (κ3) is 3.23. The Labute approximate surface area is 68.4 Å². The standard InChI is InChI=1S/C7H9F2NO2/c1-4(7(11)12)3-5(10-2)6(8)9/h3,6H,1-2H3,(H,11,12)/b4-3+,10-5?. The molecule has 0 bridgehead atoms. The molecule has 0 aromatic heterocycles. The molecule has 0 amide bonds.